The van der Waals surface area contributed by atoms with Crippen molar-refractivity contribution in [1.29, 1.82) is 0 Å². The van der Waals surface area contributed by atoms with Gasteiger partial charge in [0.25, 0.3) is 0 Å². The van der Waals surface area contributed by atoms with Gasteiger partial charge in [-0.3, -0.25) is 4.79 Å². The highest BCUT2D eigenvalue weighted by Gasteiger charge is 1.99. The molecule has 0 aliphatic rings. The number of hydrogen-bond donors (Lipinski definition) is 0. The lowest BCUT2D eigenvalue weighted by atomic mass is 10.2. The average Bonchev–Trinajstić information content (AvgIpc) is 2.37. The molecule has 1 nitrogen and oxygen atoms in total. The first kappa shape index (κ1) is 11.9. The minimum absolute atomic E-state index is 0.218. The number of benzene rings is 2. The number of rotatable bonds is 4. The number of hydrogen-bond acceptors (Lipinski definition) is 2. The van der Waals surface area contributed by atoms with Crippen LogP contribution in [0.1, 0.15) is 15.9 Å². The van der Waals surface area contributed by atoms with Crippen LogP contribution in [0, 0.1) is 5.82 Å². The van der Waals surface area contributed by atoms with Crippen LogP contribution in [0.3, 0.4) is 0 Å². The zero-order chi connectivity index (χ0) is 12.1. The Kier molecular flexibility index (Phi) is 3.94. The summed E-state index contributed by atoms with van der Waals surface area (Å²) in [6.07, 6.45) is 0.826. The number of aldehydes is 1. The Morgan fingerprint density at radius 2 is 1.94 bits per heavy atom. The molecule has 2 aromatic carbocycles. The van der Waals surface area contributed by atoms with E-state index in [1.807, 2.05) is 24.3 Å². The second-order valence-electron chi connectivity index (χ2n) is 3.61. The van der Waals surface area contributed by atoms with Crippen molar-refractivity contribution in [2.24, 2.45) is 0 Å². The topological polar surface area (TPSA) is 17.1 Å². The third kappa shape index (κ3) is 3.43. The van der Waals surface area contributed by atoms with E-state index in [0.29, 0.717) is 11.3 Å². The highest BCUT2D eigenvalue weighted by molar-refractivity contribution is 7.98. The van der Waals surface area contributed by atoms with Crippen LogP contribution in [0.5, 0.6) is 0 Å². The van der Waals surface area contributed by atoms with Crippen LogP contribution in [-0.2, 0) is 5.75 Å². The predicted octanol–water partition coefficient (Wildman–Crippen LogP) is 3.93. The summed E-state index contributed by atoms with van der Waals surface area (Å²) in [7, 11) is 0. The maximum Gasteiger partial charge on any atom is 0.150 e. The summed E-state index contributed by atoms with van der Waals surface area (Å²) in [5, 5.41) is 0. The third-order valence-electron chi connectivity index (χ3n) is 2.29. The van der Waals surface area contributed by atoms with Crippen molar-refractivity contribution in [2.45, 2.75) is 10.6 Å². The number of halogens is 1. The highest BCUT2D eigenvalue weighted by Crippen LogP contribution is 2.23. The van der Waals surface area contributed by atoms with Gasteiger partial charge < -0.3 is 0 Å². The Hall–Kier alpha value is -1.61. The molecule has 0 aromatic heterocycles. The molecule has 0 radical (unpaired) electrons. The molecule has 0 unspecified atom stereocenters. The molecule has 3 heteroatoms. The largest absolute Gasteiger partial charge is 0.298 e. The van der Waals surface area contributed by atoms with Crippen LogP contribution in [0.15, 0.2) is 53.4 Å². The summed E-state index contributed by atoms with van der Waals surface area (Å²) < 4.78 is 13.0. The van der Waals surface area contributed by atoms with Gasteiger partial charge in [-0.25, -0.2) is 4.39 Å². The molecular formula is C14H11FOS. The van der Waals surface area contributed by atoms with Crippen molar-refractivity contribution in [3.05, 3.63) is 65.5 Å². The minimum Gasteiger partial charge on any atom is -0.298 e. The first-order valence-electron chi connectivity index (χ1n) is 5.20. The lowest BCUT2D eigenvalue weighted by molar-refractivity contribution is 0.112. The maximum atomic E-state index is 13.0. The average molecular weight is 246 g/mol. The first-order chi connectivity index (χ1) is 8.28. The zero-order valence-corrected chi connectivity index (χ0v) is 9.91. The van der Waals surface area contributed by atoms with Gasteiger partial charge in [-0.2, -0.15) is 0 Å². The normalized spacial score (nSPS) is 10.2. The standard InChI is InChI=1S/C14H11FOS/c15-13-5-1-4-12(7-13)10-17-14-6-2-3-11(8-14)9-16/h1-9H,10H2. The van der Waals surface area contributed by atoms with E-state index in [2.05, 4.69) is 0 Å². The molecule has 2 rings (SSSR count). The smallest absolute Gasteiger partial charge is 0.150 e. The van der Waals surface area contributed by atoms with Crippen molar-refractivity contribution in [2.75, 3.05) is 0 Å². The predicted molar refractivity (Wildman–Crippen MR) is 67.8 cm³/mol. The van der Waals surface area contributed by atoms with E-state index in [1.54, 1.807) is 23.9 Å². The quantitative estimate of drug-likeness (QED) is 0.600. The van der Waals surface area contributed by atoms with Crippen molar-refractivity contribution in [3.8, 4) is 0 Å². The summed E-state index contributed by atoms with van der Waals surface area (Å²) in [6.45, 7) is 0. The Labute approximate surface area is 104 Å². The molecule has 0 atom stereocenters. The van der Waals surface area contributed by atoms with E-state index in [-0.39, 0.29) is 5.82 Å². The van der Waals surface area contributed by atoms with Gasteiger partial charge in [0.2, 0.25) is 0 Å². The van der Waals surface area contributed by atoms with Crippen molar-refractivity contribution in [1.82, 2.24) is 0 Å². The lowest BCUT2D eigenvalue weighted by Gasteiger charge is -2.02. The molecular weight excluding hydrogens is 235 g/mol. The molecule has 0 aliphatic carbocycles. The van der Waals surface area contributed by atoms with Crippen LogP contribution in [-0.4, -0.2) is 6.29 Å². The Balaban J connectivity index is 2.04. The molecule has 0 amide bonds. The summed E-state index contributed by atoms with van der Waals surface area (Å²) in [4.78, 5) is 11.6. The fraction of sp³-hybridized carbons (Fsp3) is 0.0714. The zero-order valence-electron chi connectivity index (χ0n) is 9.10. The molecule has 0 N–H and O–H groups in total. The van der Waals surface area contributed by atoms with Crippen LogP contribution in [0.4, 0.5) is 4.39 Å². The number of thioether (sulfide) groups is 1. The summed E-state index contributed by atoms with van der Waals surface area (Å²) in [6, 6.07) is 13.9. The van der Waals surface area contributed by atoms with E-state index >= 15 is 0 Å². The Bertz CT molecular complexity index is 525. The maximum absolute atomic E-state index is 13.0. The Morgan fingerprint density at radius 1 is 1.12 bits per heavy atom. The van der Waals surface area contributed by atoms with E-state index in [1.165, 1.54) is 12.1 Å². The molecule has 2 aromatic rings. The van der Waals surface area contributed by atoms with Gasteiger partial charge in [-0.05, 0) is 29.8 Å². The first-order valence-corrected chi connectivity index (χ1v) is 6.19. The molecule has 0 saturated heterocycles. The van der Waals surface area contributed by atoms with Crippen LogP contribution >= 0.6 is 11.8 Å². The van der Waals surface area contributed by atoms with Gasteiger partial charge in [0, 0.05) is 16.2 Å². The van der Waals surface area contributed by atoms with Gasteiger partial charge in [-0.1, -0.05) is 24.3 Å². The molecule has 86 valence electrons. The fourth-order valence-corrected chi connectivity index (χ4v) is 2.38. The molecule has 0 spiro atoms. The molecule has 0 bridgehead atoms. The van der Waals surface area contributed by atoms with Gasteiger partial charge >= 0.3 is 0 Å². The third-order valence-corrected chi connectivity index (χ3v) is 3.35. The molecule has 17 heavy (non-hydrogen) atoms. The highest BCUT2D eigenvalue weighted by atomic mass is 32.2. The molecule has 0 saturated carbocycles. The van der Waals surface area contributed by atoms with Crippen molar-refractivity contribution < 1.29 is 9.18 Å². The van der Waals surface area contributed by atoms with Crippen LogP contribution in [0.25, 0.3) is 0 Å². The van der Waals surface area contributed by atoms with Crippen LogP contribution < -0.4 is 0 Å². The van der Waals surface area contributed by atoms with E-state index in [9.17, 15) is 9.18 Å². The van der Waals surface area contributed by atoms with Crippen LogP contribution in [0.2, 0.25) is 0 Å². The van der Waals surface area contributed by atoms with Crippen molar-refractivity contribution in [3.63, 3.8) is 0 Å². The van der Waals surface area contributed by atoms with Gasteiger partial charge in [0.1, 0.15) is 12.1 Å². The monoisotopic (exact) mass is 246 g/mol. The minimum atomic E-state index is -0.218. The lowest BCUT2D eigenvalue weighted by Crippen LogP contribution is -1.84. The van der Waals surface area contributed by atoms with Gasteiger partial charge in [0.05, 0.1) is 0 Å². The van der Waals surface area contributed by atoms with Gasteiger partial charge in [0.15, 0.2) is 0 Å². The van der Waals surface area contributed by atoms with Crippen molar-refractivity contribution >= 4 is 18.0 Å². The fourth-order valence-electron chi connectivity index (χ4n) is 1.47. The van der Waals surface area contributed by atoms with Gasteiger partial charge in [-0.15, -0.1) is 11.8 Å². The van der Waals surface area contributed by atoms with E-state index in [0.717, 1.165) is 16.7 Å². The molecule has 0 fully saturated rings. The SMILES string of the molecule is O=Cc1cccc(SCc2cccc(F)c2)c1. The number of carbonyl (C=O) groups excluding carboxylic acids is 1. The van der Waals surface area contributed by atoms with E-state index in [4.69, 9.17) is 0 Å². The molecule has 0 aliphatic heterocycles. The Morgan fingerprint density at radius 3 is 2.71 bits per heavy atom. The molecule has 0 heterocycles. The summed E-state index contributed by atoms with van der Waals surface area (Å²) in [5.41, 5.74) is 1.60. The second-order valence-corrected chi connectivity index (χ2v) is 4.66. The summed E-state index contributed by atoms with van der Waals surface area (Å²) >= 11 is 1.59. The second kappa shape index (κ2) is 5.64. The number of carbonyl (C=O) groups is 1. The van der Waals surface area contributed by atoms with E-state index < -0.39 is 0 Å². The summed E-state index contributed by atoms with van der Waals surface area (Å²) in [5.74, 6) is 0.477.